The second-order valence-corrected chi connectivity index (χ2v) is 7.99. The van der Waals surface area contributed by atoms with E-state index in [1.165, 1.54) is 42.8 Å². The van der Waals surface area contributed by atoms with Crippen molar-refractivity contribution in [1.29, 1.82) is 0 Å². The first-order chi connectivity index (χ1) is 13.8. The predicted octanol–water partition coefficient (Wildman–Crippen LogP) is 2.43. The second kappa shape index (κ2) is 8.64. The first kappa shape index (κ1) is 20.8. The monoisotopic (exact) mass is 424 g/mol. The molecule has 1 aliphatic rings. The van der Waals surface area contributed by atoms with Gasteiger partial charge >= 0.3 is 5.69 Å². The number of methoxy groups -OCH3 is 2. The van der Waals surface area contributed by atoms with Crippen LogP contribution in [-0.4, -0.2) is 58.2 Å². The van der Waals surface area contributed by atoms with Crippen molar-refractivity contribution in [3.8, 4) is 23.0 Å². The van der Waals surface area contributed by atoms with Gasteiger partial charge in [0.05, 0.1) is 37.3 Å². The highest BCUT2D eigenvalue weighted by Gasteiger charge is 2.29. The van der Waals surface area contributed by atoms with Crippen molar-refractivity contribution in [2.75, 3.05) is 40.5 Å². The SMILES string of the molecule is COc1cc(OC)cc(Oc2ccc(S(=O)(=O)N3CCOCC3)cc2[N+](=O)[O-])c1. The van der Waals surface area contributed by atoms with Crippen molar-refractivity contribution in [3.05, 3.63) is 46.5 Å². The van der Waals surface area contributed by atoms with Gasteiger partial charge in [0.15, 0.2) is 0 Å². The van der Waals surface area contributed by atoms with E-state index in [0.717, 1.165) is 6.07 Å². The number of hydrogen-bond acceptors (Lipinski definition) is 8. The molecule has 0 saturated carbocycles. The van der Waals surface area contributed by atoms with E-state index >= 15 is 0 Å². The van der Waals surface area contributed by atoms with Gasteiger partial charge in [-0.3, -0.25) is 10.1 Å². The van der Waals surface area contributed by atoms with Crippen molar-refractivity contribution in [1.82, 2.24) is 4.31 Å². The van der Waals surface area contributed by atoms with E-state index < -0.39 is 20.6 Å². The quantitative estimate of drug-likeness (QED) is 0.491. The van der Waals surface area contributed by atoms with Crippen LogP contribution in [0.4, 0.5) is 5.69 Å². The molecule has 0 spiro atoms. The van der Waals surface area contributed by atoms with Crippen LogP contribution in [0.2, 0.25) is 0 Å². The number of nitro groups is 1. The summed E-state index contributed by atoms with van der Waals surface area (Å²) in [5.41, 5.74) is -0.471. The van der Waals surface area contributed by atoms with E-state index in [4.69, 9.17) is 18.9 Å². The molecule has 1 heterocycles. The molecule has 0 amide bonds. The molecule has 0 radical (unpaired) electrons. The Morgan fingerprint density at radius 1 is 1.00 bits per heavy atom. The number of rotatable bonds is 7. The lowest BCUT2D eigenvalue weighted by molar-refractivity contribution is -0.385. The van der Waals surface area contributed by atoms with Gasteiger partial charge in [-0.05, 0) is 12.1 Å². The van der Waals surface area contributed by atoms with E-state index in [0.29, 0.717) is 11.5 Å². The minimum absolute atomic E-state index is 0.105. The zero-order chi connectivity index (χ0) is 21.0. The Labute approximate surface area is 167 Å². The Kier molecular flexibility index (Phi) is 6.20. The smallest absolute Gasteiger partial charge is 0.312 e. The van der Waals surface area contributed by atoms with Crippen molar-refractivity contribution >= 4 is 15.7 Å². The minimum Gasteiger partial charge on any atom is -0.496 e. The van der Waals surface area contributed by atoms with Crippen LogP contribution >= 0.6 is 0 Å². The molecule has 0 aliphatic carbocycles. The largest absolute Gasteiger partial charge is 0.496 e. The fraction of sp³-hybridized carbons (Fsp3) is 0.333. The number of nitrogens with zero attached hydrogens (tertiary/aromatic N) is 2. The lowest BCUT2D eigenvalue weighted by atomic mass is 10.2. The molecule has 0 atom stereocenters. The van der Waals surface area contributed by atoms with Crippen LogP contribution < -0.4 is 14.2 Å². The van der Waals surface area contributed by atoms with Gasteiger partial charge in [-0.1, -0.05) is 0 Å². The Hall–Kier alpha value is -2.89. The Morgan fingerprint density at radius 2 is 1.59 bits per heavy atom. The third-order valence-electron chi connectivity index (χ3n) is 4.29. The minimum atomic E-state index is -3.88. The molecule has 3 rings (SSSR count). The molecule has 2 aromatic rings. The normalized spacial score (nSPS) is 15.0. The summed E-state index contributed by atoms with van der Waals surface area (Å²) in [4.78, 5) is 10.7. The highest BCUT2D eigenvalue weighted by Crippen LogP contribution is 2.37. The van der Waals surface area contributed by atoms with E-state index in [-0.39, 0.29) is 42.7 Å². The molecule has 156 valence electrons. The van der Waals surface area contributed by atoms with Crippen molar-refractivity contribution in [3.63, 3.8) is 0 Å². The van der Waals surface area contributed by atoms with Gasteiger partial charge in [0.1, 0.15) is 17.2 Å². The number of nitro benzene ring substituents is 1. The summed E-state index contributed by atoms with van der Waals surface area (Å²) in [5, 5.41) is 11.6. The summed E-state index contributed by atoms with van der Waals surface area (Å²) in [5.74, 6) is 1.02. The third kappa shape index (κ3) is 4.58. The average Bonchev–Trinajstić information content (AvgIpc) is 2.74. The molecule has 11 heteroatoms. The van der Waals surface area contributed by atoms with Gasteiger partial charge in [-0.15, -0.1) is 0 Å². The molecule has 0 unspecified atom stereocenters. The van der Waals surface area contributed by atoms with Gasteiger partial charge in [-0.2, -0.15) is 4.31 Å². The van der Waals surface area contributed by atoms with Crippen LogP contribution in [0, 0.1) is 10.1 Å². The van der Waals surface area contributed by atoms with Gasteiger partial charge < -0.3 is 18.9 Å². The maximum absolute atomic E-state index is 12.8. The molecule has 0 N–H and O–H groups in total. The van der Waals surface area contributed by atoms with Crippen LogP contribution in [0.1, 0.15) is 0 Å². The summed E-state index contributed by atoms with van der Waals surface area (Å²) in [6.45, 7) is 0.941. The number of ether oxygens (including phenoxy) is 4. The van der Waals surface area contributed by atoms with Crippen LogP contribution in [0.3, 0.4) is 0 Å². The molecule has 1 fully saturated rings. The molecule has 10 nitrogen and oxygen atoms in total. The number of sulfonamides is 1. The zero-order valence-electron chi connectivity index (χ0n) is 15.9. The number of benzene rings is 2. The highest BCUT2D eigenvalue weighted by molar-refractivity contribution is 7.89. The molecule has 2 aromatic carbocycles. The highest BCUT2D eigenvalue weighted by atomic mass is 32.2. The van der Waals surface area contributed by atoms with Crippen molar-refractivity contribution in [2.45, 2.75) is 4.90 Å². The third-order valence-corrected chi connectivity index (χ3v) is 6.18. The van der Waals surface area contributed by atoms with Gasteiger partial charge in [0.25, 0.3) is 0 Å². The van der Waals surface area contributed by atoms with Crippen LogP contribution in [0.5, 0.6) is 23.0 Å². The maximum Gasteiger partial charge on any atom is 0.312 e. The zero-order valence-corrected chi connectivity index (χ0v) is 16.7. The lowest BCUT2D eigenvalue weighted by Crippen LogP contribution is -2.40. The average molecular weight is 424 g/mol. The Morgan fingerprint density at radius 3 is 2.14 bits per heavy atom. The molecular formula is C18H20N2O8S. The first-order valence-corrected chi connectivity index (χ1v) is 10.1. The van der Waals surface area contributed by atoms with Crippen LogP contribution in [0.25, 0.3) is 0 Å². The Balaban J connectivity index is 1.96. The molecule has 0 aromatic heterocycles. The molecule has 0 bridgehead atoms. The topological polar surface area (TPSA) is 117 Å². The van der Waals surface area contributed by atoms with Crippen molar-refractivity contribution in [2.24, 2.45) is 0 Å². The van der Waals surface area contributed by atoms with E-state index in [1.54, 1.807) is 6.07 Å². The summed E-state index contributed by atoms with van der Waals surface area (Å²) in [6, 6.07) is 8.23. The molecular weight excluding hydrogens is 404 g/mol. The number of hydrogen-bond donors (Lipinski definition) is 0. The lowest BCUT2D eigenvalue weighted by Gasteiger charge is -2.26. The predicted molar refractivity (Wildman–Crippen MR) is 102 cm³/mol. The summed E-state index contributed by atoms with van der Waals surface area (Å²) in [6.07, 6.45) is 0. The summed E-state index contributed by atoms with van der Waals surface area (Å²) in [7, 11) is -0.947. The Bertz CT molecular complexity index is 981. The van der Waals surface area contributed by atoms with Crippen LogP contribution in [-0.2, 0) is 14.8 Å². The van der Waals surface area contributed by atoms with Gasteiger partial charge in [-0.25, -0.2) is 8.42 Å². The number of morpholine rings is 1. The first-order valence-electron chi connectivity index (χ1n) is 8.62. The molecule has 29 heavy (non-hydrogen) atoms. The maximum atomic E-state index is 12.8. The summed E-state index contributed by atoms with van der Waals surface area (Å²) < 4.78 is 47.9. The van der Waals surface area contributed by atoms with E-state index in [1.807, 2.05) is 0 Å². The summed E-state index contributed by atoms with van der Waals surface area (Å²) >= 11 is 0. The molecule has 1 aliphatic heterocycles. The van der Waals surface area contributed by atoms with Crippen molar-refractivity contribution < 1.29 is 32.3 Å². The second-order valence-electron chi connectivity index (χ2n) is 6.05. The standard InChI is InChI=1S/C18H20N2O8S/c1-25-13-9-14(26-2)11-15(10-13)28-18-4-3-16(12-17(18)20(21)22)29(23,24)19-5-7-27-8-6-19/h3-4,9-12H,5-8H2,1-2H3. The van der Waals surface area contributed by atoms with Gasteiger partial charge in [0.2, 0.25) is 15.8 Å². The fourth-order valence-corrected chi connectivity index (χ4v) is 4.22. The van der Waals surface area contributed by atoms with Crippen LogP contribution in [0.15, 0.2) is 41.3 Å². The van der Waals surface area contributed by atoms with E-state index in [9.17, 15) is 18.5 Å². The molecule has 1 saturated heterocycles. The van der Waals surface area contributed by atoms with E-state index in [2.05, 4.69) is 0 Å². The van der Waals surface area contributed by atoms with Gasteiger partial charge in [0, 0.05) is 37.4 Å². The fourth-order valence-electron chi connectivity index (χ4n) is 2.79.